The van der Waals surface area contributed by atoms with Crippen LogP contribution in [0.5, 0.6) is 0 Å². The van der Waals surface area contributed by atoms with E-state index in [1.165, 1.54) is 5.56 Å². The zero-order chi connectivity index (χ0) is 19.4. The van der Waals surface area contributed by atoms with E-state index in [-0.39, 0.29) is 5.56 Å². The Balaban J connectivity index is 1.64. The lowest BCUT2D eigenvalue weighted by molar-refractivity contribution is 0.0296. The molecule has 0 radical (unpaired) electrons. The van der Waals surface area contributed by atoms with Gasteiger partial charge in [0, 0.05) is 6.42 Å². The minimum absolute atomic E-state index is 0.0459. The monoisotopic (exact) mass is 371 g/mol. The zero-order valence-corrected chi connectivity index (χ0v) is 15.4. The summed E-state index contributed by atoms with van der Waals surface area (Å²) in [6, 6.07) is 11.2. The molecule has 27 heavy (non-hydrogen) atoms. The lowest BCUT2D eigenvalue weighted by Gasteiger charge is -2.18. The van der Waals surface area contributed by atoms with Crippen molar-refractivity contribution in [3.63, 3.8) is 0 Å². The predicted octanol–water partition coefficient (Wildman–Crippen LogP) is 1.74. The molecule has 0 saturated heterocycles. The van der Waals surface area contributed by atoms with E-state index in [0.29, 0.717) is 30.6 Å². The van der Waals surface area contributed by atoms with Gasteiger partial charge in [-0.05, 0) is 49.8 Å². The van der Waals surface area contributed by atoms with Crippen LogP contribution in [0.1, 0.15) is 46.5 Å². The summed E-state index contributed by atoms with van der Waals surface area (Å²) in [5.74, 6) is -0.0171. The van der Waals surface area contributed by atoms with Gasteiger partial charge >= 0.3 is 5.63 Å². The lowest BCUT2D eigenvalue weighted by atomic mass is 10.1. The Morgan fingerprint density at radius 1 is 1.19 bits per heavy atom. The molecule has 3 atom stereocenters. The summed E-state index contributed by atoms with van der Waals surface area (Å²) in [6.45, 7) is 1.70. The minimum Gasteiger partial charge on any atom is -0.427 e. The summed E-state index contributed by atoms with van der Waals surface area (Å²) in [4.78, 5) is 24.8. The summed E-state index contributed by atoms with van der Waals surface area (Å²) in [5, 5.41) is 22.1. The lowest BCUT2D eigenvalue weighted by Crippen LogP contribution is -2.44. The van der Waals surface area contributed by atoms with E-state index in [2.05, 4.69) is 17.4 Å². The second-order valence-electron chi connectivity index (χ2n) is 7.11. The van der Waals surface area contributed by atoms with Crippen LogP contribution in [0.15, 0.2) is 45.6 Å². The Morgan fingerprint density at radius 2 is 1.93 bits per heavy atom. The number of nitrogens with one attached hydrogen (secondary N) is 1. The second-order valence-corrected chi connectivity index (χ2v) is 7.11. The van der Waals surface area contributed by atoms with E-state index in [0.717, 1.165) is 12.8 Å². The topological polar surface area (TPSA) is 99.8 Å². The van der Waals surface area contributed by atoms with E-state index in [9.17, 15) is 19.8 Å². The van der Waals surface area contributed by atoms with Gasteiger partial charge in [0.1, 0.15) is 17.4 Å². The van der Waals surface area contributed by atoms with Gasteiger partial charge in [0.25, 0.3) is 5.91 Å². The molecule has 1 aliphatic rings. The van der Waals surface area contributed by atoms with Crippen LogP contribution in [-0.2, 0) is 12.8 Å². The third kappa shape index (κ3) is 4.64. The maximum absolute atomic E-state index is 12.4. The molecule has 0 spiro atoms. The third-order valence-electron chi connectivity index (χ3n) is 5.05. The van der Waals surface area contributed by atoms with E-state index >= 15 is 0 Å². The fourth-order valence-corrected chi connectivity index (χ4v) is 3.54. The molecular weight excluding hydrogens is 346 g/mol. The number of aliphatic hydroxyl groups is 2. The van der Waals surface area contributed by atoms with Crippen LogP contribution in [0, 0.1) is 6.92 Å². The molecule has 6 nitrogen and oxygen atoms in total. The molecule has 1 aromatic heterocycles. The highest BCUT2D eigenvalue weighted by Crippen LogP contribution is 2.20. The van der Waals surface area contributed by atoms with Crippen molar-refractivity contribution in [2.45, 2.75) is 57.3 Å². The van der Waals surface area contributed by atoms with Crippen molar-refractivity contribution in [1.82, 2.24) is 5.32 Å². The molecule has 1 amide bonds. The van der Waals surface area contributed by atoms with Gasteiger partial charge in [-0.1, -0.05) is 30.3 Å². The van der Waals surface area contributed by atoms with Crippen molar-refractivity contribution < 1.29 is 19.4 Å². The summed E-state index contributed by atoms with van der Waals surface area (Å²) in [6.07, 6.45) is 1.35. The average Bonchev–Trinajstić information content (AvgIpc) is 2.94. The molecule has 1 aromatic carbocycles. The Labute approximate surface area is 157 Å². The summed E-state index contributed by atoms with van der Waals surface area (Å²) in [5.41, 5.74) is 1.06. The number of carbonyl (C=O) groups is 1. The first-order valence-electron chi connectivity index (χ1n) is 9.30. The van der Waals surface area contributed by atoms with Crippen LogP contribution in [0.2, 0.25) is 0 Å². The van der Waals surface area contributed by atoms with Gasteiger partial charge in [-0.2, -0.15) is 0 Å². The largest absolute Gasteiger partial charge is 0.427 e. The van der Waals surface area contributed by atoms with Crippen LogP contribution < -0.4 is 10.9 Å². The molecular formula is C21H25NO5. The van der Waals surface area contributed by atoms with Gasteiger partial charge in [-0.15, -0.1) is 0 Å². The van der Waals surface area contributed by atoms with Gasteiger partial charge in [-0.3, -0.25) is 4.79 Å². The predicted molar refractivity (Wildman–Crippen MR) is 101 cm³/mol. The van der Waals surface area contributed by atoms with Crippen LogP contribution in [0.25, 0.3) is 0 Å². The normalized spacial score (nSPS) is 22.0. The molecule has 6 heteroatoms. The quantitative estimate of drug-likeness (QED) is 0.718. The van der Waals surface area contributed by atoms with Gasteiger partial charge in [-0.25, -0.2) is 4.79 Å². The number of hydrogen-bond acceptors (Lipinski definition) is 5. The number of rotatable bonds is 6. The van der Waals surface area contributed by atoms with Crippen molar-refractivity contribution in [2.24, 2.45) is 0 Å². The highest BCUT2D eigenvalue weighted by molar-refractivity contribution is 5.95. The van der Waals surface area contributed by atoms with Crippen LogP contribution in [0.4, 0.5) is 0 Å². The molecule has 1 heterocycles. The summed E-state index contributed by atoms with van der Waals surface area (Å²) >= 11 is 0. The number of carbonyl (C=O) groups excluding carboxylic acids is 1. The Bertz CT molecular complexity index is 845. The average molecular weight is 371 g/mol. The number of hydrogen-bond donors (Lipinski definition) is 3. The molecule has 1 saturated carbocycles. The molecule has 3 rings (SSSR count). The van der Waals surface area contributed by atoms with E-state index in [1.54, 1.807) is 13.0 Å². The van der Waals surface area contributed by atoms with Crippen LogP contribution >= 0.6 is 0 Å². The number of benzene rings is 1. The van der Waals surface area contributed by atoms with E-state index < -0.39 is 29.8 Å². The number of amides is 1. The van der Waals surface area contributed by atoms with Crippen molar-refractivity contribution in [3.05, 3.63) is 69.3 Å². The molecule has 2 aromatic rings. The van der Waals surface area contributed by atoms with E-state index in [4.69, 9.17) is 4.42 Å². The molecule has 1 aliphatic carbocycles. The third-order valence-corrected chi connectivity index (χ3v) is 5.05. The Hall–Kier alpha value is -2.44. The van der Waals surface area contributed by atoms with Crippen LogP contribution in [0.3, 0.4) is 0 Å². The highest BCUT2D eigenvalue weighted by atomic mass is 16.4. The fraction of sp³-hybridized carbons (Fsp3) is 0.429. The Morgan fingerprint density at radius 3 is 2.56 bits per heavy atom. The van der Waals surface area contributed by atoms with Crippen molar-refractivity contribution in [3.8, 4) is 0 Å². The SMILES string of the molecule is Cc1cc(CCCc2ccccc2)oc(=O)c1C(=O)N[C@@H]1CC[C@@H](O)[C@H]1O. The van der Waals surface area contributed by atoms with Crippen molar-refractivity contribution in [1.29, 1.82) is 0 Å². The maximum Gasteiger partial charge on any atom is 0.349 e. The van der Waals surface area contributed by atoms with Crippen molar-refractivity contribution in [2.75, 3.05) is 0 Å². The Kier molecular flexibility index (Phi) is 6.08. The maximum atomic E-state index is 12.4. The zero-order valence-electron chi connectivity index (χ0n) is 15.4. The first-order chi connectivity index (χ1) is 13.0. The summed E-state index contributed by atoms with van der Waals surface area (Å²) in [7, 11) is 0. The molecule has 3 N–H and O–H groups in total. The first kappa shape index (κ1) is 19.3. The van der Waals surface area contributed by atoms with Gasteiger partial charge in [0.15, 0.2) is 0 Å². The molecule has 1 fully saturated rings. The van der Waals surface area contributed by atoms with Gasteiger partial charge < -0.3 is 19.9 Å². The highest BCUT2D eigenvalue weighted by Gasteiger charge is 2.35. The number of aryl methyl sites for hydroxylation is 3. The first-order valence-corrected chi connectivity index (χ1v) is 9.30. The minimum atomic E-state index is -1.02. The second kappa shape index (κ2) is 8.50. The molecule has 0 bridgehead atoms. The van der Waals surface area contributed by atoms with Crippen LogP contribution in [-0.4, -0.2) is 34.4 Å². The van der Waals surface area contributed by atoms with Gasteiger partial charge in [0.05, 0.1) is 12.1 Å². The van der Waals surface area contributed by atoms with Crippen molar-refractivity contribution >= 4 is 5.91 Å². The molecule has 0 unspecified atom stereocenters. The molecule has 144 valence electrons. The summed E-state index contributed by atoms with van der Waals surface area (Å²) < 4.78 is 5.33. The fourth-order valence-electron chi connectivity index (χ4n) is 3.54. The number of aliphatic hydroxyl groups excluding tert-OH is 2. The van der Waals surface area contributed by atoms with E-state index in [1.807, 2.05) is 18.2 Å². The standard InChI is InChI=1S/C21H25NO5/c1-13-12-15(9-5-8-14-6-3-2-4-7-14)27-21(26)18(13)20(25)22-16-10-11-17(23)19(16)24/h2-4,6-7,12,16-17,19,23-24H,5,8-11H2,1H3,(H,22,25)/t16-,17-,19+/m1/s1. The molecule has 0 aliphatic heterocycles. The van der Waals surface area contributed by atoms with Gasteiger partial charge in [0.2, 0.25) is 0 Å². The smallest absolute Gasteiger partial charge is 0.349 e.